The van der Waals surface area contributed by atoms with E-state index < -0.39 is 35.5 Å². The number of aromatic nitrogens is 1. The van der Waals surface area contributed by atoms with Gasteiger partial charge in [-0.05, 0) is 46.8 Å². The van der Waals surface area contributed by atoms with Crippen LogP contribution in [0.25, 0.3) is 10.9 Å². The van der Waals surface area contributed by atoms with Gasteiger partial charge in [-0.1, -0.05) is 12.1 Å². The van der Waals surface area contributed by atoms with Gasteiger partial charge in [0, 0.05) is 11.6 Å². The average Bonchev–Trinajstić information content (AvgIpc) is 2.58. The van der Waals surface area contributed by atoms with Gasteiger partial charge in [-0.2, -0.15) is 0 Å². The summed E-state index contributed by atoms with van der Waals surface area (Å²) in [4.78, 5) is 49.4. The molecule has 8 heteroatoms. The molecule has 2 aromatic rings. The van der Waals surface area contributed by atoms with Crippen LogP contribution < -0.4 is 10.7 Å². The lowest BCUT2D eigenvalue weighted by Gasteiger charge is -2.19. The van der Waals surface area contributed by atoms with Crippen LogP contribution in [-0.4, -0.2) is 40.8 Å². The van der Waals surface area contributed by atoms with E-state index in [2.05, 4.69) is 5.32 Å². The van der Waals surface area contributed by atoms with Crippen LogP contribution in [-0.2, 0) is 14.3 Å². The van der Waals surface area contributed by atoms with E-state index in [1.165, 1.54) is 6.07 Å². The number of nitrogens with one attached hydrogen (secondary N) is 1. The molecule has 0 bridgehead atoms. The Morgan fingerprint density at radius 2 is 1.79 bits per heavy atom. The molecule has 0 aliphatic heterocycles. The summed E-state index contributed by atoms with van der Waals surface area (Å²) < 4.78 is 11.4. The number of rotatable bonds is 4. The lowest BCUT2D eigenvalue weighted by Crippen LogP contribution is -2.37. The molecule has 1 aromatic heterocycles. The van der Waals surface area contributed by atoms with Gasteiger partial charge in [0.05, 0.1) is 11.6 Å². The lowest BCUT2D eigenvalue weighted by molar-refractivity contribution is -0.153. The Morgan fingerprint density at radius 3 is 2.39 bits per heavy atom. The van der Waals surface area contributed by atoms with E-state index in [1.54, 1.807) is 52.8 Å². The van der Waals surface area contributed by atoms with E-state index in [0.29, 0.717) is 5.52 Å². The zero-order valence-corrected chi connectivity index (χ0v) is 16.6. The van der Waals surface area contributed by atoms with Crippen LogP contribution >= 0.6 is 0 Å². The number of hydrogen-bond acceptors (Lipinski definition) is 6. The molecule has 0 aliphatic carbocycles. The normalized spacial score (nSPS) is 11.4. The van der Waals surface area contributed by atoms with Crippen molar-refractivity contribution in [2.24, 2.45) is 0 Å². The lowest BCUT2D eigenvalue weighted by atomic mass is 10.1. The van der Waals surface area contributed by atoms with Gasteiger partial charge in [0.1, 0.15) is 17.7 Å². The SMILES string of the molecule is CC(C)OC(=O)n1cc(C(=O)NCC(=O)OC(C)(C)C)c(=O)c2ccccc21. The molecule has 1 amide bonds. The molecule has 0 saturated heterocycles. The van der Waals surface area contributed by atoms with Crippen LogP contribution in [0, 0.1) is 0 Å². The highest BCUT2D eigenvalue weighted by Gasteiger charge is 2.21. The van der Waals surface area contributed by atoms with E-state index in [1.807, 2.05) is 0 Å². The quantitative estimate of drug-likeness (QED) is 0.807. The minimum Gasteiger partial charge on any atom is -0.459 e. The van der Waals surface area contributed by atoms with Crippen molar-refractivity contribution < 1.29 is 23.9 Å². The van der Waals surface area contributed by atoms with Crippen molar-refractivity contribution in [2.45, 2.75) is 46.3 Å². The van der Waals surface area contributed by atoms with Crippen molar-refractivity contribution in [3.63, 3.8) is 0 Å². The summed E-state index contributed by atoms with van der Waals surface area (Å²) in [7, 11) is 0. The second kappa shape index (κ2) is 8.24. The standard InChI is InChI=1S/C20H24N2O6/c1-12(2)27-19(26)22-11-14(17(24)13-8-6-7-9-15(13)22)18(25)21-10-16(23)28-20(3,4)5/h6-9,11-12H,10H2,1-5H3,(H,21,25). The fourth-order valence-electron chi connectivity index (χ4n) is 2.47. The molecular weight excluding hydrogens is 364 g/mol. The second-order valence-electron chi connectivity index (χ2n) is 7.46. The van der Waals surface area contributed by atoms with Crippen LogP contribution in [0.3, 0.4) is 0 Å². The van der Waals surface area contributed by atoms with Gasteiger partial charge in [-0.3, -0.25) is 19.0 Å². The average molecular weight is 388 g/mol. The topological polar surface area (TPSA) is 104 Å². The molecule has 0 aliphatic rings. The molecule has 0 atom stereocenters. The van der Waals surface area contributed by atoms with Crippen molar-refractivity contribution in [3.05, 3.63) is 46.2 Å². The Labute approximate surface area is 162 Å². The van der Waals surface area contributed by atoms with Crippen molar-refractivity contribution in [1.29, 1.82) is 0 Å². The number of para-hydroxylation sites is 1. The fraction of sp³-hybridized carbons (Fsp3) is 0.400. The Morgan fingerprint density at radius 1 is 1.14 bits per heavy atom. The Balaban J connectivity index is 2.37. The molecule has 0 fully saturated rings. The number of esters is 1. The van der Waals surface area contributed by atoms with Crippen molar-refractivity contribution in [1.82, 2.24) is 9.88 Å². The van der Waals surface area contributed by atoms with E-state index >= 15 is 0 Å². The van der Waals surface area contributed by atoms with Crippen LogP contribution in [0.4, 0.5) is 4.79 Å². The highest BCUT2D eigenvalue weighted by Crippen LogP contribution is 2.13. The second-order valence-corrected chi connectivity index (χ2v) is 7.46. The first-order valence-electron chi connectivity index (χ1n) is 8.85. The number of carbonyl (C=O) groups is 3. The van der Waals surface area contributed by atoms with E-state index in [0.717, 1.165) is 10.8 Å². The van der Waals surface area contributed by atoms with Gasteiger partial charge in [0.25, 0.3) is 5.91 Å². The molecule has 1 N–H and O–H groups in total. The molecule has 1 heterocycles. The van der Waals surface area contributed by atoms with Gasteiger partial charge in [0.2, 0.25) is 5.43 Å². The maximum Gasteiger partial charge on any atom is 0.418 e. The summed E-state index contributed by atoms with van der Waals surface area (Å²) in [5.41, 5.74) is -1.20. The maximum absolute atomic E-state index is 12.7. The molecular formula is C20H24N2O6. The molecule has 0 radical (unpaired) electrons. The predicted molar refractivity (Wildman–Crippen MR) is 103 cm³/mol. The third-order valence-corrected chi connectivity index (χ3v) is 3.50. The number of benzene rings is 1. The molecule has 1 aromatic carbocycles. The van der Waals surface area contributed by atoms with Gasteiger partial charge in [-0.25, -0.2) is 4.79 Å². The Hall–Kier alpha value is -3.16. The van der Waals surface area contributed by atoms with Crippen LogP contribution in [0.15, 0.2) is 35.3 Å². The molecule has 0 spiro atoms. The smallest absolute Gasteiger partial charge is 0.418 e. The van der Waals surface area contributed by atoms with Gasteiger partial charge < -0.3 is 14.8 Å². The molecule has 0 saturated carbocycles. The minimum absolute atomic E-state index is 0.188. The summed E-state index contributed by atoms with van der Waals surface area (Å²) >= 11 is 0. The summed E-state index contributed by atoms with van der Waals surface area (Å²) in [6.45, 7) is 8.09. The van der Waals surface area contributed by atoms with Crippen molar-refractivity contribution in [3.8, 4) is 0 Å². The summed E-state index contributed by atoms with van der Waals surface area (Å²) in [6.07, 6.45) is 0.0299. The highest BCUT2D eigenvalue weighted by molar-refractivity contribution is 6.00. The highest BCUT2D eigenvalue weighted by atomic mass is 16.6. The molecule has 2 rings (SSSR count). The largest absolute Gasteiger partial charge is 0.459 e. The zero-order chi connectivity index (χ0) is 21.1. The van der Waals surface area contributed by atoms with E-state index in [-0.39, 0.29) is 17.1 Å². The molecule has 0 unspecified atom stereocenters. The number of hydrogen-bond donors (Lipinski definition) is 1. The number of carbonyl (C=O) groups excluding carboxylic acids is 3. The Kier molecular flexibility index (Phi) is 6.23. The number of amides is 1. The predicted octanol–water partition coefficient (Wildman–Crippen LogP) is 2.47. The first-order chi connectivity index (χ1) is 13.0. The third kappa shape index (κ3) is 5.18. The van der Waals surface area contributed by atoms with Gasteiger partial charge in [-0.15, -0.1) is 0 Å². The van der Waals surface area contributed by atoms with Crippen LogP contribution in [0.5, 0.6) is 0 Å². The third-order valence-electron chi connectivity index (χ3n) is 3.50. The minimum atomic E-state index is -0.785. The maximum atomic E-state index is 12.7. The summed E-state index contributed by atoms with van der Waals surface area (Å²) in [5.74, 6) is -1.42. The zero-order valence-electron chi connectivity index (χ0n) is 16.6. The summed E-state index contributed by atoms with van der Waals surface area (Å²) in [5, 5.41) is 2.54. The van der Waals surface area contributed by atoms with E-state index in [4.69, 9.17) is 9.47 Å². The van der Waals surface area contributed by atoms with Crippen molar-refractivity contribution in [2.75, 3.05) is 6.54 Å². The molecule has 8 nitrogen and oxygen atoms in total. The summed E-state index contributed by atoms with van der Waals surface area (Å²) in [6, 6.07) is 6.40. The van der Waals surface area contributed by atoms with Gasteiger partial charge in [0.15, 0.2) is 0 Å². The number of ether oxygens (including phenoxy) is 2. The monoisotopic (exact) mass is 388 g/mol. The number of pyridine rings is 1. The van der Waals surface area contributed by atoms with Crippen molar-refractivity contribution >= 4 is 28.9 Å². The van der Waals surface area contributed by atoms with E-state index in [9.17, 15) is 19.2 Å². The fourth-order valence-corrected chi connectivity index (χ4v) is 2.47. The van der Waals surface area contributed by atoms with Crippen LogP contribution in [0.2, 0.25) is 0 Å². The molecule has 150 valence electrons. The Bertz CT molecular complexity index is 969. The van der Waals surface area contributed by atoms with Crippen LogP contribution in [0.1, 0.15) is 45.0 Å². The van der Waals surface area contributed by atoms with Gasteiger partial charge >= 0.3 is 12.1 Å². The first-order valence-corrected chi connectivity index (χ1v) is 8.85. The first kappa shape index (κ1) is 21.1. The number of nitrogens with zero attached hydrogens (tertiary/aromatic N) is 1. The number of fused-ring (bicyclic) bond motifs is 1. The molecule has 28 heavy (non-hydrogen) atoms.